The molecule has 0 unspecified atom stereocenters. The molecule has 1 aromatic carbocycles. The molecule has 2 aromatic heterocycles. The van der Waals surface area contributed by atoms with Gasteiger partial charge in [-0.2, -0.15) is 0 Å². The van der Waals surface area contributed by atoms with Gasteiger partial charge in [-0.25, -0.2) is 4.98 Å². The normalized spacial score (nSPS) is 15.2. The van der Waals surface area contributed by atoms with E-state index in [4.69, 9.17) is 28.8 Å². The molecule has 0 atom stereocenters. The van der Waals surface area contributed by atoms with E-state index < -0.39 is 0 Å². The van der Waals surface area contributed by atoms with Crippen LogP contribution in [-0.4, -0.2) is 54.8 Å². The Morgan fingerprint density at radius 2 is 1.88 bits per heavy atom. The summed E-state index contributed by atoms with van der Waals surface area (Å²) in [4.78, 5) is 15.9. The highest BCUT2D eigenvalue weighted by Crippen LogP contribution is 2.40. The van der Waals surface area contributed by atoms with Crippen molar-refractivity contribution in [1.82, 2.24) is 9.88 Å². The predicted molar refractivity (Wildman–Crippen MR) is 127 cm³/mol. The molecule has 5 rings (SSSR count). The van der Waals surface area contributed by atoms with Gasteiger partial charge in [-0.05, 0) is 81.8 Å². The summed E-state index contributed by atoms with van der Waals surface area (Å²) in [6.45, 7) is 5.97. The van der Waals surface area contributed by atoms with Gasteiger partial charge in [-0.15, -0.1) is 0 Å². The van der Waals surface area contributed by atoms with Crippen molar-refractivity contribution in [3.63, 3.8) is 0 Å². The van der Waals surface area contributed by atoms with Crippen molar-refractivity contribution in [1.29, 1.82) is 0 Å². The highest BCUT2D eigenvalue weighted by atomic mass is 16.5. The molecule has 0 saturated carbocycles. The number of benzene rings is 1. The minimum absolute atomic E-state index is 0.250. The van der Waals surface area contributed by atoms with Crippen LogP contribution in [0.5, 0.6) is 11.5 Å². The quantitative estimate of drug-likeness (QED) is 0.404. The molecular weight excluding hydrogens is 420 g/mol. The summed E-state index contributed by atoms with van der Waals surface area (Å²) in [7, 11) is 1.72. The number of furan rings is 1. The minimum Gasteiger partial charge on any atom is -0.493 e. The van der Waals surface area contributed by atoms with E-state index >= 15 is 0 Å². The van der Waals surface area contributed by atoms with E-state index in [1.54, 1.807) is 7.11 Å². The summed E-state index contributed by atoms with van der Waals surface area (Å²) in [6.07, 6.45) is 8.81. The molecule has 33 heavy (non-hydrogen) atoms. The molecule has 2 aliphatic rings. The monoisotopic (exact) mass is 452 g/mol. The molecule has 1 fully saturated rings. The number of rotatable bonds is 7. The van der Waals surface area contributed by atoms with Crippen LogP contribution in [-0.2, 0) is 17.6 Å². The first-order chi connectivity index (χ1) is 16.1. The average Bonchev–Trinajstić information content (AvgIpc) is 3.58. The summed E-state index contributed by atoms with van der Waals surface area (Å²) >= 11 is 0. The number of methoxy groups -OCH3 is 1. The van der Waals surface area contributed by atoms with Crippen molar-refractivity contribution < 1.29 is 23.8 Å². The first kappa shape index (κ1) is 23.1. The maximum atomic E-state index is 8.36. The fourth-order valence-electron chi connectivity index (χ4n) is 4.93. The Hall–Kier alpha value is -3.06. The molecule has 1 saturated heterocycles. The summed E-state index contributed by atoms with van der Waals surface area (Å²) in [5, 5.41) is 8.08. The molecule has 3 heterocycles. The molecule has 0 radical (unpaired) electrons. The molecule has 1 N–H and O–H groups in total. The van der Waals surface area contributed by atoms with Crippen LogP contribution in [0.3, 0.4) is 0 Å². The SMILES string of the molecule is COc1cc2c3c(c(-c4coc(C)c4)nc2cc1OCCCN1CCCC1)CCC3.O=CO. The zero-order valence-electron chi connectivity index (χ0n) is 19.4. The number of hydrogen-bond donors (Lipinski definition) is 1. The number of nitrogens with zero attached hydrogens (tertiary/aromatic N) is 2. The highest BCUT2D eigenvalue weighted by molar-refractivity contribution is 5.90. The molecule has 7 nitrogen and oxygen atoms in total. The van der Waals surface area contributed by atoms with Gasteiger partial charge in [0, 0.05) is 23.6 Å². The first-order valence-electron chi connectivity index (χ1n) is 11.7. The number of pyridine rings is 1. The van der Waals surface area contributed by atoms with Gasteiger partial charge < -0.3 is 23.9 Å². The molecule has 176 valence electrons. The Morgan fingerprint density at radius 3 is 2.58 bits per heavy atom. The largest absolute Gasteiger partial charge is 0.493 e. The van der Waals surface area contributed by atoms with Gasteiger partial charge in [0.1, 0.15) is 12.0 Å². The fraction of sp³-hybridized carbons (Fsp3) is 0.462. The van der Waals surface area contributed by atoms with Gasteiger partial charge in [0.2, 0.25) is 0 Å². The predicted octanol–water partition coefficient (Wildman–Crippen LogP) is 4.87. The van der Waals surface area contributed by atoms with Crippen molar-refractivity contribution in [2.24, 2.45) is 0 Å². The first-order valence-corrected chi connectivity index (χ1v) is 11.7. The summed E-state index contributed by atoms with van der Waals surface area (Å²) in [6, 6.07) is 6.25. The molecule has 0 spiro atoms. The lowest BCUT2D eigenvalue weighted by Gasteiger charge is -2.17. The van der Waals surface area contributed by atoms with Crippen LogP contribution < -0.4 is 9.47 Å². The van der Waals surface area contributed by atoms with Crippen molar-refractivity contribution in [2.45, 2.75) is 45.4 Å². The highest BCUT2D eigenvalue weighted by Gasteiger charge is 2.23. The standard InChI is InChI=1S/C25H30N2O3.CH2O2/c1-17-13-18(16-30-17)25-20-8-5-7-19(20)21-14-23(28-2)24(15-22(21)26-25)29-12-6-11-27-9-3-4-10-27;2-1-3/h13-16H,3-12H2,1-2H3;1H,(H,2,3). The molecule has 1 aliphatic carbocycles. The number of carboxylic acid groups (broad SMARTS) is 1. The van der Waals surface area contributed by atoms with E-state index in [-0.39, 0.29) is 6.47 Å². The van der Waals surface area contributed by atoms with Crippen molar-refractivity contribution in [3.05, 3.63) is 41.3 Å². The van der Waals surface area contributed by atoms with Crippen LogP contribution in [0.15, 0.2) is 28.9 Å². The van der Waals surface area contributed by atoms with E-state index in [0.29, 0.717) is 6.61 Å². The minimum atomic E-state index is -0.250. The Labute approximate surface area is 194 Å². The van der Waals surface area contributed by atoms with Crippen molar-refractivity contribution >= 4 is 17.4 Å². The third-order valence-corrected chi connectivity index (χ3v) is 6.42. The van der Waals surface area contributed by atoms with Crippen LogP contribution in [0, 0.1) is 6.92 Å². The zero-order valence-corrected chi connectivity index (χ0v) is 19.4. The van der Waals surface area contributed by atoms with Gasteiger partial charge >= 0.3 is 0 Å². The smallest absolute Gasteiger partial charge is 0.290 e. The van der Waals surface area contributed by atoms with E-state index in [1.165, 1.54) is 42.4 Å². The summed E-state index contributed by atoms with van der Waals surface area (Å²) in [5.41, 5.74) is 5.84. The van der Waals surface area contributed by atoms with Crippen LogP contribution >= 0.6 is 0 Å². The Balaban J connectivity index is 0.000000821. The second-order valence-electron chi connectivity index (χ2n) is 8.59. The second-order valence-corrected chi connectivity index (χ2v) is 8.59. The maximum absolute atomic E-state index is 8.36. The molecular formula is C26H32N2O5. The lowest BCUT2D eigenvalue weighted by atomic mass is 9.99. The summed E-state index contributed by atoms with van der Waals surface area (Å²) in [5.74, 6) is 2.49. The lowest BCUT2D eigenvalue weighted by molar-refractivity contribution is -0.122. The van der Waals surface area contributed by atoms with Gasteiger partial charge in [0.25, 0.3) is 6.47 Å². The number of fused-ring (bicyclic) bond motifs is 3. The number of likely N-dealkylation sites (tertiary alicyclic amines) is 1. The van der Waals surface area contributed by atoms with E-state index in [0.717, 1.165) is 66.3 Å². The number of aryl methyl sites for hydroxylation is 2. The number of hydrogen-bond acceptors (Lipinski definition) is 6. The Bertz CT molecular complexity index is 1100. The topological polar surface area (TPSA) is 85.0 Å². The fourth-order valence-corrected chi connectivity index (χ4v) is 4.93. The third-order valence-electron chi connectivity index (χ3n) is 6.42. The van der Waals surface area contributed by atoms with Gasteiger partial charge in [-0.1, -0.05) is 0 Å². The van der Waals surface area contributed by atoms with E-state index in [1.807, 2.05) is 13.2 Å². The van der Waals surface area contributed by atoms with E-state index in [2.05, 4.69) is 23.1 Å². The van der Waals surface area contributed by atoms with Gasteiger partial charge in [0.15, 0.2) is 11.5 Å². The molecule has 1 aliphatic heterocycles. The number of carbonyl (C=O) groups is 1. The Morgan fingerprint density at radius 1 is 1.12 bits per heavy atom. The second kappa shape index (κ2) is 10.7. The molecule has 0 bridgehead atoms. The van der Waals surface area contributed by atoms with Crippen molar-refractivity contribution in [3.8, 4) is 22.8 Å². The number of aromatic nitrogens is 1. The Kier molecular flexibility index (Phi) is 7.50. The number of ether oxygens (including phenoxy) is 2. The van der Waals surface area contributed by atoms with E-state index in [9.17, 15) is 0 Å². The zero-order chi connectivity index (χ0) is 23.2. The van der Waals surface area contributed by atoms with Gasteiger partial charge in [0.05, 0.1) is 24.9 Å². The average molecular weight is 453 g/mol. The molecule has 7 heteroatoms. The lowest BCUT2D eigenvalue weighted by Crippen LogP contribution is -2.21. The van der Waals surface area contributed by atoms with Crippen molar-refractivity contribution in [2.75, 3.05) is 33.4 Å². The van der Waals surface area contributed by atoms with Gasteiger partial charge in [-0.3, -0.25) is 4.79 Å². The van der Waals surface area contributed by atoms with Crippen LogP contribution in [0.25, 0.3) is 22.2 Å². The summed E-state index contributed by atoms with van der Waals surface area (Å²) < 4.78 is 17.4. The van der Waals surface area contributed by atoms with Crippen LogP contribution in [0.1, 0.15) is 42.6 Å². The van der Waals surface area contributed by atoms with Crippen LogP contribution in [0.4, 0.5) is 0 Å². The van der Waals surface area contributed by atoms with Crippen LogP contribution in [0.2, 0.25) is 0 Å². The molecule has 0 amide bonds. The maximum Gasteiger partial charge on any atom is 0.290 e. The molecule has 3 aromatic rings. The third kappa shape index (κ3) is 5.14.